The summed E-state index contributed by atoms with van der Waals surface area (Å²) < 4.78 is 33.8. The minimum atomic E-state index is -3.86. The number of amides is 1. The number of carbonyl (C=O) groups is 1. The molecule has 184 valence electrons. The van der Waals surface area contributed by atoms with Gasteiger partial charge in [-0.25, -0.2) is 8.42 Å². The van der Waals surface area contributed by atoms with Crippen molar-refractivity contribution in [1.82, 2.24) is 10.2 Å². The Kier molecular flexibility index (Phi) is 8.05. The number of anilines is 1. The van der Waals surface area contributed by atoms with Crippen LogP contribution >= 0.6 is 0 Å². The van der Waals surface area contributed by atoms with Crippen LogP contribution in [0, 0.1) is 0 Å². The topological polar surface area (TPSA) is 87.7 Å². The fourth-order valence-electron chi connectivity index (χ4n) is 4.28. The Morgan fingerprint density at radius 2 is 1.69 bits per heavy atom. The smallest absolute Gasteiger partial charge is 0.261 e. The summed E-state index contributed by atoms with van der Waals surface area (Å²) in [6.07, 6.45) is 2.30. The largest absolute Gasteiger partial charge is 0.494 e. The summed E-state index contributed by atoms with van der Waals surface area (Å²) >= 11 is 0. The molecular weight excluding hydrogens is 462 g/mol. The van der Waals surface area contributed by atoms with Crippen molar-refractivity contribution in [1.29, 1.82) is 0 Å². The molecule has 1 aliphatic rings. The van der Waals surface area contributed by atoms with Gasteiger partial charge in [-0.05, 0) is 80.9 Å². The Hall–Kier alpha value is -3.36. The van der Waals surface area contributed by atoms with Crippen LogP contribution < -0.4 is 14.8 Å². The minimum Gasteiger partial charge on any atom is -0.494 e. The number of carbonyl (C=O) groups excluding carboxylic acids is 1. The van der Waals surface area contributed by atoms with Gasteiger partial charge in [0, 0.05) is 17.8 Å². The lowest BCUT2D eigenvalue weighted by atomic mass is 10.1. The van der Waals surface area contributed by atoms with E-state index in [-0.39, 0.29) is 16.8 Å². The van der Waals surface area contributed by atoms with Gasteiger partial charge in [0.05, 0.1) is 17.5 Å². The van der Waals surface area contributed by atoms with Gasteiger partial charge in [-0.1, -0.05) is 36.4 Å². The second kappa shape index (κ2) is 11.4. The van der Waals surface area contributed by atoms with E-state index in [1.165, 1.54) is 12.1 Å². The number of hydrogen-bond donors (Lipinski definition) is 2. The number of benzene rings is 3. The first-order valence-corrected chi connectivity index (χ1v) is 13.4. The van der Waals surface area contributed by atoms with Gasteiger partial charge in [0.1, 0.15) is 5.75 Å². The summed E-state index contributed by atoms with van der Waals surface area (Å²) in [7, 11) is -3.86. The fourth-order valence-corrected chi connectivity index (χ4v) is 5.39. The van der Waals surface area contributed by atoms with Crippen molar-refractivity contribution >= 4 is 21.6 Å². The average molecular weight is 494 g/mol. The number of nitrogens with one attached hydrogen (secondary N) is 2. The van der Waals surface area contributed by atoms with Crippen molar-refractivity contribution in [2.75, 3.05) is 31.0 Å². The highest BCUT2D eigenvalue weighted by atomic mass is 32.2. The van der Waals surface area contributed by atoms with Crippen LogP contribution in [-0.4, -0.2) is 45.5 Å². The predicted molar refractivity (Wildman–Crippen MR) is 137 cm³/mol. The molecule has 1 heterocycles. The lowest BCUT2D eigenvalue weighted by molar-refractivity contribution is 0.0937. The van der Waals surface area contributed by atoms with E-state index in [4.69, 9.17) is 4.74 Å². The molecule has 0 saturated carbocycles. The molecule has 3 aromatic carbocycles. The highest BCUT2D eigenvalue weighted by Crippen LogP contribution is 2.25. The quantitative estimate of drug-likeness (QED) is 0.436. The molecule has 1 atom stereocenters. The molecule has 1 fully saturated rings. The molecule has 1 unspecified atom stereocenters. The first-order valence-electron chi connectivity index (χ1n) is 11.9. The van der Waals surface area contributed by atoms with E-state index in [2.05, 4.69) is 27.1 Å². The summed E-state index contributed by atoms with van der Waals surface area (Å²) in [5.41, 5.74) is 1.87. The Labute approximate surface area is 207 Å². The van der Waals surface area contributed by atoms with Gasteiger partial charge in [0.15, 0.2) is 0 Å². The predicted octanol–water partition coefficient (Wildman–Crippen LogP) is 4.45. The van der Waals surface area contributed by atoms with Gasteiger partial charge in [0.25, 0.3) is 15.9 Å². The van der Waals surface area contributed by atoms with Gasteiger partial charge in [-0.2, -0.15) is 0 Å². The number of ether oxygens (including phenoxy) is 1. The molecule has 4 rings (SSSR count). The fraction of sp³-hybridized carbons (Fsp3) is 0.296. The molecule has 0 bridgehead atoms. The van der Waals surface area contributed by atoms with Gasteiger partial charge in [0.2, 0.25) is 0 Å². The molecule has 0 aromatic heterocycles. The number of hydrogen-bond acceptors (Lipinski definition) is 5. The highest BCUT2D eigenvalue weighted by Gasteiger charge is 2.24. The minimum absolute atomic E-state index is 0.0261. The van der Waals surface area contributed by atoms with Crippen LogP contribution in [0.2, 0.25) is 0 Å². The zero-order valence-electron chi connectivity index (χ0n) is 19.8. The summed E-state index contributed by atoms with van der Waals surface area (Å²) in [4.78, 5) is 15.4. The maximum absolute atomic E-state index is 13.0. The second-order valence-corrected chi connectivity index (χ2v) is 10.2. The van der Waals surface area contributed by atoms with E-state index < -0.39 is 10.0 Å². The number of rotatable bonds is 10. The molecule has 7 nitrogen and oxygen atoms in total. The lowest BCUT2D eigenvalue weighted by Gasteiger charge is -2.28. The summed E-state index contributed by atoms with van der Waals surface area (Å²) in [6.45, 7) is 4.86. The van der Waals surface area contributed by atoms with Crippen molar-refractivity contribution in [3.8, 4) is 5.75 Å². The molecule has 1 amide bonds. The van der Waals surface area contributed by atoms with E-state index in [1.807, 2.05) is 25.1 Å². The van der Waals surface area contributed by atoms with Crippen molar-refractivity contribution in [2.24, 2.45) is 0 Å². The van der Waals surface area contributed by atoms with Gasteiger partial charge in [-0.15, -0.1) is 0 Å². The standard InChI is InChI=1S/C27H31N3O4S/c1-2-34-24-15-13-23(14-16-24)29-35(32,33)25-12-8-11-22(19-25)27(31)28-20-26(30-17-6-7-18-30)21-9-4-3-5-10-21/h3-5,8-16,19,26,29H,2,6-7,17-18,20H2,1H3,(H,28,31). The van der Waals surface area contributed by atoms with Crippen molar-refractivity contribution in [2.45, 2.75) is 30.7 Å². The van der Waals surface area contributed by atoms with Gasteiger partial charge in [-0.3, -0.25) is 14.4 Å². The molecule has 8 heteroatoms. The molecular formula is C27H31N3O4S. The summed E-state index contributed by atoms with van der Waals surface area (Å²) in [5, 5.41) is 3.01. The number of sulfonamides is 1. The van der Waals surface area contributed by atoms with Gasteiger partial charge < -0.3 is 10.1 Å². The van der Waals surface area contributed by atoms with Crippen LogP contribution in [0.3, 0.4) is 0 Å². The number of nitrogens with zero attached hydrogens (tertiary/aromatic N) is 1. The first kappa shape index (κ1) is 24.8. The molecule has 1 saturated heterocycles. The monoisotopic (exact) mass is 493 g/mol. The average Bonchev–Trinajstić information content (AvgIpc) is 3.41. The van der Waals surface area contributed by atoms with Crippen LogP contribution in [0.5, 0.6) is 5.75 Å². The van der Waals surface area contributed by atoms with Crippen LogP contribution in [0.25, 0.3) is 0 Å². The third kappa shape index (κ3) is 6.41. The zero-order chi connectivity index (χ0) is 24.7. The van der Waals surface area contributed by atoms with E-state index in [1.54, 1.807) is 36.4 Å². The first-order chi connectivity index (χ1) is 17.0. The molecule has 35 heavy (non-hydrogen) atoms. The highest BCUT2D eigenvalue weighted by molar-refractivity contribution is 7.92. The maximum atomic E-state index is 13.0. The normalized spacial score (nSPS) is 14.9. The molecule has 0 radical (unpaired) electrons. The zero-order valence-corrected chi connectivity index (χ0v) is 20.6. The molecule has 0 aliphatic carbocycles. The number of likely N-dealkylation sites (tertiary alicyclic amines) is 1. The molecule has 1 aliphatic heterocycles. The van der Waals surface area contributed by atoms with Crippen LogP contribution in [0.1, 0.15) is 41.7 Å². The van der Waals surface area contributed by atoms with E-state index in [0.717, 1.165) is 31.5 Å². The van der Waals surface area contributed by atoms with E-state index >= 15 is 0 Å². The van der Waals surface area contributed by atoms with E-state index in [9.17, 15) is 13.2 Å². The lowest BCUT2D eigenvalue weighted by Crippen LogP contribution is -2.36. The van der Waals surface area contributed by atoms with E-state index in [0.29, 0.717) is 30.2 Å². The van der Waals surface area contributed by atoms with Crippen LogP contribution in [-0.2, 0) is 10.0 Å². The Bertz CT molecular complexity index is 1220. The third-order valence-electron chi connectivity index (χ3n) is 6.05. The van der Waals surface area contributed by atoms with Crippen molar-refractivity contribution in [3.05, 3.63) is 90.0 Å². The SMILES string of the molecule is CCOc1ccc(NS(=O)(=O)c2cccc(C(=O)NCC(c3ccccc3)N3CCCC3)c2)cc1. The maximum Gasteiger partial charge on any atom is 0.261 e. The van der Waals surface area contributed by atoms with Gasteiger partial charge >= 0.3 is 0 Å². The third-order valence-corrected chi connectivity index (χ3v) is 7.42. The summed E-state index contributed by atoms with van der Waals surface area (Å²) in [5.74, 6) is 0.361. The molecule has 2 N–H and O–H groups in total. The Morgan fingerprint density at radius 3 is 2.37 bits per heavy atom. The van der Waals surface area contributed by atoms with Crippen molar-refractivity contribution < 1.29 is 17.9 Å². The Balaban J connectivity index is 1.45. The molecule has 3 aromatic rings. The summed E-state index contributed by atoms with van der Waals surface area (Å²) in [6, 6.07) is 23.0. The Morgan fingerprint density at radius 1 is 0.971 bits per heavy atom. The van der Waals surface area contributed by atoms with Crippen molar-refractivity contribution in [3.63, 3.8) is 0 Å². The molecule has 0 spiro atoms. The van der Waals surface area contributed by atoms with Crippen LogP contribution in [0.4, 0.5) is 5.69 Å². The van der Waals surface area contributed by atoms with Crippen LogP contribution in [0.15, 0.2) is 83.8 Å². The second-order valence-electron chi connectivity index (χ2n) is 8.47.